The summed E-state index contributed by atoms with van der Waals surface area (Å²) in [6.07, 6.45) is 5.73. The van der Waals surface area contributed by atoms with Crippen molar-refractivity contribution in [3.63, 3.8) is 0 Å². The Morgan fingerprint density at radius 1 is 0.714 bits per heavy atom. The first-order chi connectivity index (χ1) is 19.7. The molecule has 2 aromatic carbocycles. The largest absolute Gasteiger partial charge is 2.00 e. The van der Waals surface area contributed by atoms with E-state index in [0.29, 0.717) is 0 Å². The van der Waals surface area contributed by atoms with E-state index < -0.39 is 8.07 Å². The van der Waals surface area contributed by atoms with Gasteiger partial charge < -0.3 is 9.47 Å². The van der Waals surface area contributed by atoms with Gasteiger partial charge in [-0.05, 0) is 47.9 Å². The van der Waals surface area contributed by atoms with Crippen LogP contribution >= 0.6 is 0 Å². The van der Waals surface area contributed by atoms with E-state index in [2.05, 4.69) is 39.1 Å². The topological polar surface area (TPSA) is 79.9 Å². The average Bonchev–Trinajstić information content (AvgIpc) is 3.60. The number of ether oxygens (including phenoxy) is 2. The number of aromatic nitrogens is 6. The summed E-state index contributed by atoms with van der Waals surface area (Å²) in [5.41, 5.74) is 3.75. The summed E-state index contributed by atoms with van der Waals surface area (Å²) < 4.78 is 15.3. The zero-order valence-electron chi connectivity index (χ0n) is 25.0. The summed E-state index contributed by atoms with van der Waals surface area (Å²) in [6.45, 7) is 12.4. The van der Waals surface area contributed by atoms with Gasteiger partial charge in [0.1, 0.15) is 22.5 Å². The van der Waals surface area contributed by atoms with Crippen LogP contribution in [0.4, 0.5) is 0 Å². The molecule has 4 aromatic rings. The van der Waals surface area contributed by atoms with E-state index in [-0.39, 0.29) is 31.9 Å². The van der Waals surface area contributed by atoms with Gasteiger partial charge in [-0.25, -0.2) is 19.3 Å². The first kappa shape index (κ1) is 31.0. The summed E-state index contributed by atoms with van der Waals surface area (Å²) in [4.78, 5) is 10.5. The van der Waals surface area contributed by atoms with Gasteiger partial charge in [-0.2, -0.15) is 58.7 Å². The zero-order chi connectivity index (χ0) is 28.5. The summed E-state index contributed by atoms with van der Waals surface area (Å²) >= 11 is 0. The second-order valence-corrected chi connectivity index (χ2v) is 17.0. The van der Waals surface area contributed by atoms with E-state index in [1.165, 1.54) is 0 Å². The van der Waals surface area contributed by atoms with Crippen LogP contribution in [-0.4, -0.2) is 64.0 Å². The first-order valence-corrected chi connectivity index (χ1v) is 17.8. The van der Waals surface area contributed by atoms with Crippen LogP contribution in [-0.2, 0) is 43.4 Å². The quantitative estimate of drug-likeness (QED) is 0.200. The van der Waals surface area contributed by atoms with Crippen LogP contribution in [0, 0.1) is 23.0 Å². The Balaban J connectivity index is 0.00000353. The van der Waals surface area contributed by atoms with Crippen molar-refractivity contribution in [3.8, 4) is 11.4 Å². The zero-order valence-corrected chi connectivity index (χ0v) is 28.3. The Bertz CT molecular complexity index is 1350. The third-order valence-electron chi connectivity index (χ3n) is 8.88. The molecule has 0 amide bonds. The molecule has 2 fully saturated rings. The van der Waals surface area contributed by atoms with Crippen molar-refractivity contribution in [1.82, 2.24) is 29.5 Å². The molecule has 0 aliphatic carbocycles. The molecule has 10 heteroatoms. The molecule has 0 unspecified atom stereocenters. The maximum Gasteiger partial charge on any atom is 2.00 e. The summed E-state index contributed by atoms with van der Waals surface area (Å²) in [6, 6.07) is 22.7. The number of hydrogen-bond donors (Lipinski definition) is 0. The Hall–Kier alpha value is -2.45. The summed E-state index contributed by atoms with van der Waals surface area (Å²) in [5.74, 6) is 1.94. The molecule has 224 valence electrons. The summed E-state index contributed by atoms with van der Waals surface area (Å²) in [7, 11) is -2.49. The molecule has 4 heterocycles. The summed E-state index contributed by atoms with van der Waals surface area (Å²) in [5, 5.41) is 10.3. The molecule has 42 heavy (non-hydrogen) atoms. The van der Waals surface area contributed by atoms with E-state index in [4.69, 9.17) is 29.6 Å². The van der Waals surface area contributed by atoms with Gasteiger partial charge in [0.2, 0.25) is 8.07 Å². The van der Waals surface area contributed by atoms with E-state index in [9.17, 15) is 0 Å². The van der Waals surface area contributed by atoms with Gasteiger partial charge in [0.25, 0.3) is 0 Å². The molecule has 0 spiro atoms. The van der Waals surface area contributed by atoms with Crippen LogP contribution in [0.2, 0.25) is 13.1 Å². The van der Waals surface area contributed by atoms with Crippen LogP contribution in [0.15, 0.2) is 48.5 Å². The Labute approximate surface area is 264 Å². The molecule has 2 saturated heterocycles. The minimum atomic E-state index is -2.49. The normalized spacial score (nSPS) is 18.4. The van der Waals surface area contributed by atoms with Crippen molar-refractivity contribution < 1.29 is 30.5 Å². The van der Waals surface area contributed by atoms with Gasteiger partial charge in [-0.3, -0.25) is 0 Å². The predicted octanol–water partition coefficient (Wildman–Crippen LogP) is 3.99. The van der Waals surface area contributed by atoms with Crippen molar-refractivity contribution >= 4 is 19.0 Å². The van der Waals surface area contributed by atoms with Gasteiger partial charge in [0.05, 0.1) is 0 Å². The van der Waals surface area contributed by atoms with Crippen LogP contribution in [0.1, 0.15) is 51.2 Å². The third-order valence-corrected chi connectivity index (χ3v) is 11.5. The molecule has 0 bridgehead atoms. The maximum absolute atomic E-state index is 5.68. The van der Waals surface area contributed by atoms with Crippen LogP contribution in [0.5, 0.6) is 0 Å². The molecule has 6 rings (SSSR count). The van der Waals surface area contributed by atoms with Gasteiger partial charge in [-0.15, -0.1) is 12.1 Å². The van der Waals surface area contributed by atoms with Gasteiger partial charge in [0, 0.05) is 39.3 Å². The van der Waals surface area contributed by atoms with Crippen molar-refractivity contribution in [3.05, 3.63) is 72.3 Å². The fraction of sp³-hybridized carbons (Fsp3) is 0.500. The van der Waals surface area contributed by atoms with Crippen molar-refractivity contribution in [2.75, 3.05) is 26.4 Å². The molecule has 0 radical (unpaired) electrons. The molecule has 0 N–H and O–H groups in total. The minimum Gasteiger partial charge on any atom is -0.381 e. The van der Waals surface area contributed by atoms with Gasteiger partial charge in [-0.1, -0.05) is 26.9 Å². The molecule has 2 aliphatic heterocycles. The van der Waals surface area contributed by atoms with Gasteiger partial charge in [0.15, 0.2) is 0 Å². The fourth-order valence-corrected chi connectivity index (χ4v) is 7.53. The molecule has 0 atom stereocenters. The Kier molecular flexibility index (Phi) is 9.33. The smallest absolute Gasteiger partial charge is 0.381 e. The molecular weight excluding hydrogens is 724 g/mol. The third kappa shape index (κ3) is 6.54. The van der Waals surface area contributed by atoms with Crippen molar-refractivity contribution in [2.24, 2.45) is 10.8 Å². The molecule has 2 aliphatic rings. The number of nitrogens with zero attached hydrogens (tertiary/aromatic N) is 6. The minimum absolute atomic E-state index is 0. The number of hydrogen-bond acceptors (Lipinski definition) is 6. The van der Waals surface area contributed by atoms with E-state index in [1.54, 1.807) is 0 Å². The van der Waals surface area contributed by atoms with Crippen LogP contribution in [0.3, 0.4) is 0 Å². The molecular formula is C32H40N6O2PtSi. The van der Waals surface area contributed by atoms with E-state index in [0.717, 1.165) is 98.9 Å². The number of benzene rings is 2. The fourth-order valence-electron chi connectivity index (χ4n) is 5.81. The first-order valence-electron chi connectivity index (χ1n) is 14.8. The van der Waals surface area contributed by atoms with Crippen molar-refractivity contribution in [1.29, 1.82) is 0 Å². The number of para-hydroxylation sites is 2. The standard InChI is InChI=1S/C32H40N6O2Si.Pt/c1-31(15-19-39-20-16-31)23-27-33-29(35-37(27)25-11-7-5-8-12-25)41(3,4)30-34-28(24-32(2)17-21-40-22-18-32)38(36-30)26-13-9-6-10-14-26;/h5-11,13H,15-24H2,1-4H3;/q-2;+2. The molecule has 8 nitrogen and oxygen atoms in total. The number of rotatable bonds is 8. The van der Waals surface area contributed by atoms with Crippen LogP contribution < -0.4 is 10.9 Å². The monoisotopic (exact) mass is 763 g/mol. The predicted molar refractivity (Wildman–Crippen MR) is 161 cm³/mol. The van der Waals surface area contributed by atoms with E-state index in [1.807, 2.05) is 57.9 Å². The second kappa shape index (κ2) is 12.6. The maximum atomic E-state index is 5.68. The average molecular weight is 764 g/mol. The molecule has 0 saturated carbocycles. The SMILES string of the molecule is CC1(Cc2nc([Si](C)(C)c3nc(CC4(C)CCOCC4)n(-c4[c-]cccc4)n3)nn2-c2[c-]cccc2)CCOCC1.[Pt+2]. The molecule has 2 aromatic heterocycles. The Morgan fingerprint density at radius 2 is 1.12 bits per heavy atom. The second-order valence-electron chi connectivity index (χ2n) is 12.8. The van der Waals surface area contributed by atoms with Crippen LogP contribution in [0.25, 0.3) is 11.4 Å². The van der Waals surface area contributed by atoms with E-state index >= 15 is 0 Å². The Morgan fingerprint density at radius 3 is 1.48 bits per heavy atom. The van der Waals surface area contributed by atoms with Gasteiger partial charge >= 0.3 is 21.1 Å². The van der Waals surface area contributed by atoms with Crippen molar-refractivity contribution in [2.45, 2.75) is 65.5 Å².